The molecule has 1 aromatic carbocycles. The molecule has 1 fully saturated rings. The van der Waals surface area contributed by atoms with E-state index in [-0.39, 0.29) is 24.1 Å². The molecule has 7 heteroatoms. The van der Waals surface area contributed by atoms with Crippen LogP contribution in [0.15, 0.2) is 21.1 Å². The lowest BCUT2D eigenvalue weighted by molar-refractivity contribution is -0.120. The van der Waals surface area contributed by atoms with Gasteiger partial charge in [0.1, 0.15) is 5.75 Å². The number of urea groups is 1. The zero-order valence-electron chi connectivity index (χ0n) is 9.41. The summed E-state index contributed by atoms with van der Waals surface area (Å²) in [6, 6.07) is 2.58. The van der Waals surface area contributed by atoms with Crippen molar-refractivity contribution in [1.82, 2.24) is 5.32 Å². The maximum Gasteiger partial charge on any atom is 0.328 e. The highest BCUT2D eigenvalue weighted by Crippen LogP contribution is 2.37. The van der Waals surface area contributed by atoms with E-state index >= 15 is 0 Å². The first-order chi connectivity index (χ1) is 8.40. The van der Waals surface area contributed by atoms with Gasteiger partial charge in [0, 0.05) is 18.2 Å². The van der Waals surface area contributed by atoms with Crippen LogP contribution in [0.25, 0.3) is 0 Å². The number of amides is 3. The van der Waals surface area contributed by atoms with Gasteiger partial charge in [0.15, 0.2) is 0 Å². The summed E-state index contributed by atoms with van der Waals surface area (Å²) in [5.41, 5.74) is 0.601. The summed E-state index contributed by atoms with van der Waals surface area (Å²) in [7, 11) is 0. The second-order valence-electron chi connectivity index (χ2n) is 4.03. The van der Waals surface area contributed by atoms with Crippen molar-refractivity contribution in [1.29, 1.82) is 0 Å². The van der Waals surface area contributed by atoms with Crippen LogP contribution >= 0.6 is 31.9 Å². The van der Waals surface area contributed by atoms with E-state index in [1.54, 1.807) is 19.1 Å². The number of anilines is 1. The fourth-order valence-corrected chi connectivity index (χ4v) is 3.02. The number of phenolic OH excluding ortho intramolecular Hbond substituents is 1. The monoisotopic (exact) mass is 376 g/mol. The van der Waals surface area contributed by atoms with Gasteiger partial charge >= 0.3 is 6.03 Å². The third kappa shape index (κ3) is 2.37. The molecule has 0 aliphatic carbocycles. The average molecular weight is 378 g/mol. The second kappa shape index (κ2) is 4.89. The number of imide groups is 1. The summed E-state index contributed by atoms with van der Waals surface area (Å²) in [6.45, 7) is 1.80. The topological polar surface area (TPSA) is 69.6 Å². The molecular formula is C11H10Br2N2O3. The number of nitrogens with zero attached hydrogens (tertiary/aromatic N) is 1. The lowest BCUT2D eigenvalue weighted by Gasteiger charge is -2.33. The minimum absolute atomic E-state index is 0.0693. The number of rotatable bonds is 1. The molecule has 1 aliphatic heterocycles. The molecule has 2 rings (SSSR count). The normalized spacial score (nSPS) is 19.9. The van der Waals surface area contributed by atoms with Gasteiger partial charge in [-0.05, 0) is 50.9 Å². The molecule has 2 N–H and O–H groups in total. The number of carbonyl (C=O) groups excluding carboxylic acids is 2. The predicted molar refractivity (Wildman–Crippen MR) is 73.6 cm³/mol. The number of carbonyl (C=O) groups is 2. The highest BCUT2D eigenvalue weighted by molar-refractivity contribution is 9.11. The van der Waals surface area contributed by atoms with E-state index in [4.69, 9.17) is 0 Å². The molecule has 0 saturated carbocycles. The summed E-state index contributed by atoms with van der Waals surface area (Å²) >= 11 is 6.42. The van der Waals surface area contributed by atoms with Crippen LogP contribution in [0.5, 0.6) is 5.75 Å². The minimum Gasteiger partial charge on any atom is -0.506 e. The molecule has 1 atom stereocenters. The number of benzene rings is 1. The number of hydrogen-bond acceptors (Lipinski definition) is 3. The molecule has 0 bridgehead atoms. The van der Waals surface area contributed by atoms with Crippen LogP contribution in [0.3, 0.4) is 0 Å². The number of hydrogen-bond donors (Lipinski definition) is 2. The molecule has 1 aliphatic rings. The van der Waals surface area contributed by atoms with Crippen LogP contribution in [0.4, 0.5) is 10.5 Å². The van der Waals surface area contributed by atoms with Crippen LogP contribution < -0.4 is 10.2 Å². The molecule has 96 valence electrons. The maximum atomic E-state index is 11.8. The van der Waals surface area contributed by atoms with Crippen LogP contribution in [0, 0.1) is 0 Å². The van der Waals surface area contributed by atoms with Crippen molar-refractivity contribution in [3.05, 3.63) is 21.1 Å². The van der Waals surface area contributed by atoms with Gasteiger partial charge in [-0.15, -0.1) is 0 Å². The molecule has 1 aromatic rings. The largest absolute Gasteiger partial charge is 0.506 e. The zero-order valence-corrected chi connectivity index (χ0v) is 12.6. The summed E-state index contributed by atoms with van der Waals surface area (Å²) in [4.78, 5) is 24.5. The van der Waals surface area contributed by atoms with E-state index in [9.17, 15) is 14.7 Å². The van der Waals surface area contributed by atoms with Crippen molar-refractivity contribution in [3.63, 3.8) is 0 Å². The number of phenols is 1. The Morgan fingerprint density at radius 2 is 1.89 bits per heavy atom. The van der Waals surface area contributed by atoms with E-state index in [1.165, 1.54) is 4.90 Å². The van der Waals surface area contributed by atoms with E-state index in [0.717, 1.165) is 0 Å². The Balaban J connectivity index is 2.42. The first kappa shape index (κ1) is 13.4. The minimum atomic E-state index is -0.455. The molecule has 1 unspecified atom stereocenters. The van der Waals surface area contributed by atoms with Crippen LogP contribution in [-0.4, -0.2) is 23.1 Å². The smallest absolute Gasteiger partial charge is 0.328 e. The van der Waals surface area contributed by atoms with Crippen molar-refractivity contribution < 1.29 is 14.7 Å². The standard InChI is InChI=1S/C11H10Br2N2O3/c1-5-2-9(16)14-11(18)15(5)6-3-7(12)10(17)8(13)4-6/h3-5,17H,2H2,1H3,(H,14,16,18). The Morgan fingerprint density at radius 1 is 1.33 bits per heavy atom. The van der Waals surface area contributed by atoms with E-state index in [2.05, 4.69) is 37.2 Å². The SMILES string of the molecule is CC1CC(=O)NC(=O)N1c1cc(Br)c(O)c(Br)c1. The van der Waals surface area contributed by atoms with Gasteiger partial charge in [0.05, 0.1) is 8.95 Å². The first-order valence-corrected chi connectivity index (χ1v) is 6.80. The van der Waals surface area contributed by atoms with Gasteiger partial charge in [-0.1, -0.05) is 0 Å². The van der Waals surface area contributed by atoms with E-state index < -0.39 is 6.03 Å². The average Bonchev–Trinajstić information content (AvgIpc) is 2.24. The second-order valence-corrected chi connectivity index (χ2v) is 5.74. The van der Waals surface area contributed by atoms with Gasteiger partial charge in [0.25, 0.3) is 0 Å². The fraction of sp³-hybridized carbons (Fsp3) is 0.273. The summed E-state index contributed by atoms with van der Waals surface area (Å²) < 4.78 is 0.951. The molecule has 3 amide bonds. The van der Waals surface area contributed by atoms with Gasteiger partial charge in [-0.3, -0.25) is 15.0 Å². The number of nitrogens with one attached hydrogen (secondary N) is 1. The number of aromatic hydroxyl groups is 1. The quantitative estimate of drug-likeness (QED) is 0.790. The third-order valence-corrected chi connectivity index (χ3v) is 3.88. The van der Waals surface area contributed by atoms with Crippen molar-refractivity contribution >= 4 is 49.5 Å². The molecule has 1 heterocycles. The summed E-state index contributed by atoms with van der Waals surface area (Å²) in [6.07, 6.45) is 0.252. The third-order valence-electron chi connectivity index (χ3n) is 2.67. The van der Waals surface area contributed by atoms with Crippen molar-refractivity contribution in [2.45, 2.75) is 19.4 Å². The Kier molecular flexibility index (Phi) is 3.63. The van der Waals surface area contributed by atoms with Gasteiger partial charge < -0.3 is 5.11 Å². The molecule has 18 heavy (non-hydrogen) atoms. The van der Waals surface area contributed by atoms with Crippen molar-refractivity contribution in [3.8, 4) is 5.75 Å². The Hall–Kier alpha value is -1.08. The van der Waals surface area contributed by atoms with E-state index in [1.807, 2.05) is 0 Å². The highest BCUT2D eigenvalue weighted by Gasteiger charge is 2.31. The van der Waals surface area contributed by atoms with Crippen molar-refractivity contribution in [2.75, 3.05) is 4.90 Å². The fourth-order valence-electron chi connectivity index (χ4n) is 1.85. The lowest BCUT2D eigenvalue weighted by atomic mass is 10.1. The molecule has 0 radical (unpaired) electrons. The molecular weight excluding hydrogens is 368 g/mol. The Bertz CT molecular complexity index is 510. The molecule has 0 aromatic heterocycles. The van der Waals surface area contributed by atoms with Crippen molar-refractivity contribution in [2.24, 2.45) is 0 Å². The van der Waals surface area contributed by atoms with Crippen LogP contribution in [0.2, 0.25) is 0 Å². The predicted octanol–water partition coefficient (Wildman–Crippen LogP) is 2.75. The molecule has 0 spiro atoms. The summed E-state index contributed by atoms with van der Waals surface area (Å²) in [5, 5.41) is 11.9. The summed E-state index contributed by atoms with van der Waals surface area (Å²) in [5.74, 6) is -0.208. The Labute approximate surface area is 120 Å². The highest BCUT2D eigenvalue weighted by atomic mass is 79.9. The van der Waals surface area contributed by atoms with Gasteiger partial charge in [-0.25, -0.2) is 4.79 Å². The maximum absolute atomic E-state index is 11.8. The first-order valence-electron chi connectivity index (χ1n) is 5.21. The molecule has 5 nitrogen and oxygen atoms in total. The molecule has 1 saturated heterocycles. The lowest BCUT2D eigenvalue weighted by Crippen LogP contribution is -2.54. The Morgan fingerprint density at radius 3 is 2.39 bits per heavy atom. The van der Waals surface area contributed by atoms with Crippen LogP contribution in [0.1, 0.15) is 13.3 Å². The van der Waals surface area contributed by atoms with Crippen LogP contribution in [-0.2, 0) is 4.79 Å². The van der Waals surface area contributed by atoms with Gasteiger partial charge in [0.2, 0.25) is 5.91 Å². The van der Waals surface area contributed by atoms with E-state index in [0.29, 0.717) is 14.6 Å². The van der Waals surface area contributed by atoms with Gasteiger partial charge in [-0.2, -0.15) is 0 Å². The number of halogens is 2. The zero-order chi connectivity index (χ0) is 13.4.